The van der Waals surface area contributed by atoms with Gasteiger partial charge in [-0.2, -0.15) is 5.26 Å². The van der Waals surface area contributed by atoms with E-state index in [2.05, 4.69) is 5.32 Å². The average Bonchev–Trinajstić information content (AvgIpc) is 3.09. The molecule has 1 atom stereocenters. The third-order valence-corrected chi connectivity index (χ3v) is 4.29. The summed E-state index contributed by atoms with van der Waals surface area (Å²) in [6.45, 7) is 0.997. The topological polar surface area (TPSA) is 73.2 Å². The third-order valence-electron chi connectivity index (χ3n) is 4.29. The molecule has 1 aliphatic rings. The molecule has 26 heavy (non-hydrogen) atoms. The van der Waals surface area contributed by atoms with Crippen LogP contribution in [0.3, 0.4) is 0 Å². The fourth-order valence-electron chi connectivity index (χ4n) is 3.04. The molecule has 1 fully saturated rings. The molecule has 0 radical (unpaired) electrons. The standard InChI is InChI=1S/C19H15F2N3O2/c20-12-5-6-14(16(21)9-12)19(26)23-13-7-8-24(11-13)17-4-2-1-3-15(17)18(25)10-22/h1-6,9,13H,7-8,11H2,(H,23,26). The molecule has 1 saturated heterocycles. The monoisotopic (exact) mass is 355 g/mol. The van der Waals surface area contributed by atoms with Crippen LogP contribution in [0.2, 0.25) is 0 Å². The van der Waals surface area contributed by atoms with Gasteiger partial charge in [0.15, 0.2) is 0 Å². The Morgan fingerprint density at radius 2 is 1.92 bits per heavy atom. The zero-order valence-electron chi connectivity index (χ0n) is 13.7. The zero-order chi connectivity index (χ0) is 18.7. The number of nitrogens with zero attached hydrogens (tertiary/aromatic N) is 2. The maximum atomic E-state index is 13.7. The lowest BCUT2D eigenvalue weighted by Gasteiger charge is -2.21. The highest BCUT2D eigenvalue weighted by Crippen LogP contribution is 2.25. The van der Waals surface area contributed by atoms with Crippen LogP contribution in [0.15, 0.2) is 42.5 Å². The zero-order valence-corrected chi connectivity index (χ0v) is 13.7. The highest BCUT2D eigenvalue weighted by atomic mass is 19.1. The Kier molecular flexibility index (Phi) is 4.94. The summed E-state index contributed by atoms with van der Waals surface area (Å²) >= 11 is 0. The molecule has 0 aliphatic carbocycles. The van der Waals surface area contributed by atoms with Crippen molar-refractivity contribution < 1.29 is 18.4 Å². The summed E-state index contributed by atoms with van der Waals surface area (Å²) in [4.78, 5) is 25.9. The second-order valence-corrected chi connectivity index (χ2v) is 5.99. The number of carbonyl (C=O) groups is 2. The van der Waals surface area contributed by atoms with Crippen molar-refractivity contribution in [3.8, 4) is 6.07 Å². The van der Waals surface area contributed by atoms with Gasteiger partial charge in [0, 0.05) is 30.9 Å². The van der Waals surface area contributed by atoms with Gasteiger partial charge in [-0.25, -0.2) is 8.78 Å². The largest absolute Gasteiger partial charge is 0.369 e. The summed E-state index contributed by atoms with van der Waals surface area (Å²) in [5.41, 5.74) is 0.722. The van der Waals surface area contributed by atoms with Crippen LogP contribution in [0.4, 0.5) is 14.5 Å². The van der Waals surface area contributed by atoms with E-state index in [1.165, 1.54) is 0 Å². The number of amides is 1. The number of carbonyl (C=O) groups excluding carboxylic acids is 2. The summed E-state index contributed by atoms with van der Waals surface area (Å²) in [6, 6.07) is 10.9. The van der Waals surface area contributed by atoms with Crippen LogP contribution in [0, 0.1) is 23.0 Å². The number of halogens is 2. The minimum Gasteiger partial charge on any atom is -0.369 e. The van der Waals surface area contributed by atoms with Crippen molar-refractivity contribution in [2.24, 2.45) is 0 Å². The van der Waals surface area contributed by atoms with E-state index in [0.29, 0.717) is 36.8 Å². The smallest absolute Gasteiger partial charge is 0.264 e. The van der Waals surface area contributed by atoms with Crippen molar-refractivity contribution in [1.82, 2.24) is 5.32 Å². The van der Waals surface area contributed by atoms with Crippen LogP contribution in [0.25, 0.3) is 0 Å². The average molecular weight is 355 g/mol. The molecule has 0 bridgehead atoms. The lowest BCUT2D eigenvalue weighted by Crippen LogP contribution is -2.37. The quantitative estimate of drug-likeness (QED) is 0.676. The minimum atomic E-state index is -0.915. The molecule has 0 saturated carbocycles. The Morgan fingerprint density at radius 3 is 2.65 bits per heavy atom. The second-order valence-electron chi connectivity index (χ2n) is 5.99. The predicted octanol–water partition coefficient (Wildman–Crippen LogP) is 2.68. The van der Waals surface area contributed by atoms with Gasteiger partial charge in [-0.15, -0.1) is 0 Å². The molecule has 1 aliphatic heterocycles. The number of benzene rings is 2. The van der Waals surface area contributed by atoms with E-state index in [1.807, 2.05) is 4.90 Å². The van der Waals surface area contributed by atoms with Gasteiger partial charge in [-0.1, -0.05) is 12.1 Å². The first-order valence-electron chi connectivity index (χ1n) is 8.04. The number of Topliss-reactive ketones (excluding diaryl/α,β-unsaturated/α-hetero) is 1. The number of nitriles is 1. The Morgan fingerprint density at radius 1 is 1.15 bits per heavy atom. The van der Waals surface area contributed by atoms with Gasteiger partial charge in [0.05, 0.1) is 11.1 Å². The van der Waals surface area contributed by atoms with E-state index in [4.69, 9.17) is 5.26 Å². The number of rotatable bonds is 4. The number of hydrogen-bond donors (Lipinski definition) is 1. The molecule has 5 nitrogen and oxygen atoms in total. The lowest BCUT2D eigenvalue weighted by atomic mass is 10.1. The Balaban J connectivity index is 1.71. The summed E-state index contributed by atoms with van der Waals surface area (Å²) in [7, 11) is 0. The van der Waals surface area contributed by atoms with E-state index >= 15 is 0 Å². The van der Waals surface area contributed by atoms with E-state index in [-0.39, 0.29) is 11.6 Å². The number of nitrogens with one attached hydrogen (secondary N) is 1. The van der Waals surface area contributed by atoms with Crippen LogP contribution in [0.1, 0.15) is 27.1 Å². The highest BCUT2D eigenvalue weighted by Gasteiger charge is 2.27. The summed E-state index contributed by atoms with van der Waals surface area (Å²) in [5.74, 6) is -2.90. The van der Waals surface area contributed by atoms with Crippen LogP contribution in [-0.2, 0) is 0 Å². The molecular weight excluding hydrogens is 340 g/mol. The molecule has 0 aromatic heterocycles. The number of ketones is 1. The predicted molar refractivity (Wildman–Crippen MR) is 90.8 cm³/mol. The van der Waals surface area contributed by atoms with Crippen LogP contribution in [-0.4, -0.2) is 30.8 Å². The van der Waals surface area contributed by atoms with E-state index in [1.54, 1.807) is 30.3 Å². The Labute approximate surface area is 148 Å². The fourth-order valence-corrected chi connectivity index (χ4v) is 3.04. The summed E-state index contributed by atoms with van der Waals surface area (Å²) < 4.78 is 26.7. The normalized spacial score (nSPS) is 16.2. The van der Waals surface area contributed by atoms with Gasteiger partial charge in [-0.05, 0) is 30.7 Å². The van der Waals surface area contributed by atoms with Gasteiger partial charge in [0.1, 0.15) is 17.7 Å². The molecule has 0 spiro atoms. The first kappa shape index (κ1) is 17.5. The third kappa shape index (κ3) is 3.54. The van der Waals surface area contributed by atoms with Crippen molar-refractivity contribution in [2.75, 3.05) is 18.0 Å². The van der Waals surface area contributed by atoms with Gasteiger partial charge in [0.25, 0.3) is 11.7 Å². The molecule has 1 N–H and O–H groups in total. The van der Waals surface area contributed by atoms with E-state index in [0.717, 1.165) is 12.1 Å². The first-order valence-corrected chi connectivity index (χ1v) is 8.04. The number of hydrogen-bond acceptors (Lipinski definition) is 4. The molecule has 2 aromatic rings. The van der Waals surface area contributed by atoms with Crippen LogP contribution < -0.4 is 10.2 Å². The molecule has 1 amide bonds. The molecular formula is C19H15F2N3O2. The maximum Gasteiger partial charge on any atom is 0.264 e. The molecule has 1 heterocycles. The van der Waals surface area contributed by atoms with Gasteiger partial charge >= 0.3 is 0 Å². The van der Waals surface area contributed by atoms with Gasteiger partial charge < -0.3 is 10.2 Å². The Hall–Kier alpha value is -3.27. The van der Waals surface area contributed by atoms with Crippen LogP contribution >= 0.6 is 0 Å². The van der Waals surface area contributed by atoms with Crippen molar-refractivity contribution in [3.05, 3.63) is 65.2 Å². The van der Waals surface area contributed by atoms with Gasteiger partial charge in [-0.3, -0.25) is 9.59 Å². The van der Waals surface area contributed by atoms with E-state index in [9.17, 15) is 18.4 Å². The van der Waals surface area contributed by atoms with Crippen molar-refractivity contribution in [2.45, 2.75) is 12.5 Å². The molecule has 3 rings (SSSR count). The minimum absolute atomic E-state index is 0.218. The second kappa shape index (κ2) is 7.31. The molecule has 2 aromatic carbocycles. The molecule has 7 heteroatoms. The fraction of sp³-hybridized carbons (Fsp3) is 0.211. The SMILES string of the molecule is N#CC(=O)c1ccccc1N1CCC(NC(=O)c2ccc(F)cc2F)C1. The molecule has 132 valence electrons. The van der Waals surface area contributed by atoms with Crippen molar-refractivity contribution in [3.63, 3.8) is 0 Å². The lowest BCUT2D eigenvalue weighted by molar-refractivity contribution is 0.0935. The highest BCUT2D eigenvalue weighted by molar-refractivity contribution is 6.11. The summed E-state index contributed by atoms with van der Waals surface area (Å²) in [5, 5.41) is 11.6. The summed E-state index contributed by atoms with van der Waals surface area (Å²) in [6.07, 6.45) is 0.601. The maximum absolute atomic E-state index is 13.7. The van der Waals surface area contributed by atoms with Crippen LogP contribution in [0.5, 0.6) is 0 Å². The molecule has 1 unspecified atom stereocenters. The number of anilines is 1. The number of para-hydroxylation sites is 1. The van der Waals surface area contributed by atoms with Crippen molar-refractivity contribution >= 4 is 17.4 Å². The first-order chi connectivity index (χ1) is 12.5. The van der Waals surface area contributed by atoms with E-state index < -0.39 is 23.3 Å². The Bertz CT molecular complexity index is 908. The van der Waals surface area contributed by atoms with Gasteiger partial charge in [0.2, 0.25) is 0 Å². The van der Waals surface area contributed by atoms with Crippen molar-refractivity contribution in [1.29, 1.82) is 5.26 Å².